The highest BCUT2D eigenvalue weighted by atomic mass is 127. The molecular weight excluding hydrogens is 470 g/mol. The van der Waals surface area contributed by atoms with Crippen molar-refractivity contribution in [1.29, 1.82) is 0 Å². The number of quaternary nitrogens is 1. The lowest BCUT2D eigenvalue weighted by atomic mass is 10.1. The summed E-state index contributed by atoms with van der Waals surface area (Å²) in [5, 5.41) is 3.71. The first kappa shape index (κ1) is 20.5. The smallest absolute Gasteiger partial charge is 0.255 e. The maximum absolute atomic E-state index is 12.3. The molecule has 0 saturated carbocycles. The molecule has 25 heavy (non-hydrogen) atoms. The van der Waals surface area contributed by atoms with Gasteiger partial charge in [0.05, 0.1) is 30.2 Å². The van der Waals surface area contributed by atoms with Crippen molar-refractivity contribution >= 4 is 34.8 Å². The standard InChI is InChI=1S/C19H20Cl2N2O.HI/c1-23(10-2-3-11-23)13-14-4-7-16(8-5-14)22-19(24)15-6-9-17(20)18(21)12-15;/h4-9,12H,2-3,10-11,13H2,1H3;1H. The Balaban J connectivity index is 0.00000225. The average Bonchev–Trinajstić information content (AvgIpc) is 2.98. The summed E-state index contributed by atoms with van der Waals surface area (Å²) in [6.45, 7) is 3.53. The summed E-state index contributed by atoms with van der Waals surface area (Å²) in [6.07, 6.45) is 2.63. The molecule has 0 bridgehead atoms. The van der Waals surface area contributed by atoms with Gasteiger partial charge in [-0.3, -0.25) is 4.79 Å². The van der Waals surface area contributed by atoms with Crippen LogP contribution in [0.15, 0.2) is 42.5 Å². The molecule has 0 aromatic heterocycles. The van der Waals surface area contributed by atoms with Crippen LogP contribution >= 0.6 is 23.2 Å². The van der Waals surface area contributed by atoms with Gasteiger partial charge in [0, 0.05) is 29.7 Å². The second-order valence-corrected chi connectivity index (χ2v) is 7.53. The zero-order valence-electron chi connectivity index (χ0n) is 14.1. The minimum Gasteiger partial charge on any atom is -1.00 e. The Kier molecular flexibility index (Phi) is 7.14. The third-order valence-electron chi connectivity index (χ3n) is 4.60. The molecule has 1 heterocycles. The van der Waals surface area contributed by atoms with Gasteiger partial charge in [0.2, 0.25) is 0 Å². The molecule has 0 atom stereocenters. The molecule has 3 rings (SSSR count). The number of rotatable bonds is 4. The summed E-state index contributed by atoms with van der Waals surface area (Å²) in [5.74, 6) is -0.195. The molecule has 134 valence electrons. The fraction of sp³-hybridized carbons (Fsp3) is 0.316. The van der Waals surface area contributed by atoms with Crippen LogP contribution in [-0.2, 0) is 6.54 Å². The van der Waals surface area contributed by atoms with Crippen molar-refractivity contribution in [2.24, 2.45) is 0 Å². The summed E-state index contributed by atoms with van der Waals surface area (Å²) in [7, 11) is 2.31. The van der Waals surface area contributed by atoms with Crippen molar-refractivity contribution in [2.75, 3.05) is 25.5 Å². The van der Waals surface area contributed by atoms with Gasteiger partial charge in [0.15, 0.2) is 0 Å². The maximum Gasteiger partial charge on any atom is 0.255 e. The van der Waals surface area contributed by atoms with E-state index in [2.05, 4.69) is 24.5 Å². The predicted molar refractivity (Wildman–Crippen MR) is 99.7 cm³/mol. The van der Waals surface area contributed by atoms with Crippen LogP contribution in [0, 0.1) is 0 Å². The lowest BCUT2D eigenvalue weighted by Gasteiger charge is -2.29. The van der Waals surface area contributed by atoms with Crippen molar-refractivity contribution in [1.82, 2.24) is 0 Å². The Bertz CT molecular complexity index is 744. The van der Waals surface area contributed by atoms with Gasteiger partial charge in [-0.15, -0.1) is 0 Å². The van der Waals surface area contributed by atoms with Crippen LogP contribution in [0.3, 0.4) is 0 Å². The van der Waals surface area contributed by atoms with Crippen LogP contribution < -0.4 is 29.3 Å². The second-order valence-electron chi connectivity index (χ2n) is 6.71. The Morgan fingerprint density at radius 3 is 2.28 bits per heavy atom. The fourth-order valence-electron chi connectivity index (χ4n) is 3.23. The molecule has 1 amide bonds. The number of nitrogens with one attached hydrogen (secondary N) is 1. The summed E-state index contributed by atoms with van der Waals surface area (Å²) < 4.78 is 1.11. The quantitative estimate of drug-likeness (QED) is 0.515. The van der Waals surface area contributed by atoms with Crippen LogP contribution in [0.25, 0.3) is 0 Å². The van der Waals surface area contributed by atoms with E-state index >= 15 is 0 Å². The Morgan fingerprint density at radius 1 is 1.04 bits per heavy atom. The molecule has 2 aromatic rings. The SMILES string of the molecule is C[N+]1(Cc2ccc(NC(=O)c3ccc(Cl)c(Cl)c3)cc2)CCCC1.[I-]. The molecule has 0 aliphatic carbocycles. The molecule has 2 aromatic carbocycles. The molecule has 1 aliphatic heterocycles. The van der Waals surface area contributed by atoms with Gasteiger partial charge in [-0.25, -0.2) is 0 Å². The third-order valence-corrected chi connectivity index (χ3v) is 5.34. The van der Waals surface area contributed by atoms with Gasteiger partial charge in [-0.05, 0) is 30.3 Å². The third kappa shape index (κ3) is 5.33. The number of nitrogens with zero attached hydrogens (tertiary/aromatic N) is 1. The summed E-state index contributed by atoms with van der Waals surface area (Å²) in [5.41, 5.74) is 2.56. The van der Waals surface area contributed by atoms with Gasteiger partial charge in [0.25, 0.3) is 5.91 Å². The fourth-order valence-corrected chi connectivity index (χ4v) is 3.53. The highest BCUT2D eigenvalue weighted by molar-refractivity contribution is 6.42. The van der Waals surface area contributed by atoms with Crippen molar-refractivity contribution in [3.63, 3.8) is 0 Å². The Morgan fingerprint density at radius 2 is 1.68 bits per heavy atom. The molecule has 0 spiro atoms. The van der Waals surface area contributed by atoms with E-state index in [1.807, 2.05) is 12.1 Å². The number of amides is 1. The van der Waals surface area contributed by atoms with E-state index in [0.29, 0.717) is 15.6 Å². The lowest BCUT2D eigenvalue weighted by molar-refractivity contribution is -0.910. The molecule has 1 N–H and O–H groups in total. The average molecular weight is 491 g/mol. The monoisotopic (exact) mass is 490 g/mol. The molecule has 3 nitrogen and oxygen atoms in total. The number of benzene rings is 2. The lowest BCUT2D eigenvalue weighted by Crippen LogP contribution is -3.00. The van der Waals surface area contributed by atoms with Crippen molar-refractivity contribution in [3.05, 3.63) is 63.6 Å². The molecular formula is C19H21Cl2IN2O. The summed E-state index contributed by atoms with van der Waals surface area (Å²) in [6, 6.07) is 12.9. The number of hydrogen-bond donors (Lipinski definition) is 1. The minimum absolute atomic E-state index is 0. The van der Waals surface area contributed by atoms with Crippen LogP contribution in [0.4, 0.5) is 5.69 Å². The highest BCUT2D eigenvalue weighted by Gasteiger charge is 2.26. The maximum atomic E-state index is 12.3. The van der Waals surface area contributed by atoms with Crippen molar-refractivity contribution in [3.8, 4) is 0 Å². The molecule has 1 saturated heterocycles. The van der Waals surface area contributed by atoms with Gasteiger partial charge in [-0.2, -0.15) is 0 Å². The molecule has 0 radical (unpaired) electrons. The van der Waals surface area contributed by atoms with Gasteiger partial charge >= 0.3 is 0 Å². The van der Waals surface area contributed by atoms with E-state index < -0.39 is 0 Å². The van der Waals surface area contributed by atoms with Gasteiger partial charge < -0.3 is 33.8 Å². The first-order valence-electron chi connectivity index (χ1n) is 8.14. The van der Waals surface area contributed by atoms with Crippen LogP contribution in [0.5, 0.6) is 0 Å². The van der Waals surface area contributed by atoms with Gasteiger partial charge in [-0.1, -0.05) is 35.3 Å². The highest BCUT2D eigenvalue weighted by Crippen LogP contribution is 2.24. The van der Waals surface area contributed by atoms with E-state index in [-0.39, 0.29) is 29.9 Å². The zero-order chi connectivity index (χ0) is 17.2. The molecule has 1 aliphatic rings. The summed E-state index contributed by atoms with van der Waals surface area (Å²) >= 11 is 11.8. The zero-order valence-corrected chi connectivity index (χ0v) is 17.7. The van der Waals surface area contributed by atoms with E-state index in [4.69, 9.17) is 23.2 Å². The van der Waals surface area contributed by atoms with Gasteiger partial charge in [0.1, 0.15) is 6.54 Å². The number of carbonyl (C=O) groups is 1. The largest absolute Gasteiger partial charge is 1.00 e. The Hall–Kier alpha value is -0.820. The van der Waals surface area contributed by atoms with E-state index in [0.717, 1.165) is 16.7 Å². The van der Waals surface area contributed by atoms with E-state index in [9.17, 15) is 4.79 Å². The molecule has 0 unspecified atom stereocenters. The van der Waals surface area contributed by atoms with E-state index in [1.54, 1.807) is 18.2 Å². The van der Waals surface area contributed by atoms with Crippen LogP contribution in [-0.4, -0.2) is 30.5 Å². The molecule has 6 heteroatoms. The Labute approximate surface area is 175 Å². The number of anilines is 1. The van der Waals surface area contributed by atoms with Crippen molar-refractivity contribution < 1.29 is 33.3 Å². The summed E-state index contributed by atoms with van der Waals surface area (Å²) in [4.78, 5) is 12.3. The van der Waals surface area contributed by atoms with Crippen LogP contribution in [0.2, 0.25) is 10.0 Å². The second kappa shape index (κ2) is 8.71. The first-order valence-corrected chi connectivity index (χ1v) is 8.90. The molecule has 1 fully saturated rings. The predicted octanol–water partition coefficient (Wildman–Crippen LogP) is 1.99. The normalized spacial score (nSPS) is 15.5. The number of likely N-dealkylation sites (tertiary alicyclic amines) is 1. The first-order chi connectivity index (χ1) is 11.5. The van der Waals surface area contributed by atoms with E-state index in [1.165, 1.54) is 31.5 Å². The number of halogens is 3. The minimum atomic E-state index is -0.195. The van der Waals surface area contributed by atoms with Crippen molar-refractivity contribution in [2.45, 2.75) is 19.4 Å². The number of hydrogen-bond acceptors (Lipinski definition) is 1. The number of carbonyl (C=O) groups excluding carboxylic acids is 1. The topological polar surface area (TPSA) is 29.1 Å². The van der Waals surface area contributed by atoms with Crippen LogP contribution in [0.1, 0.15) is 28.8 Å².